The van der Waals surface area contributed by atoms with Crippen molar-refractivity contribution in [2.45, 2.75) is 6.92 Å². The largest absolute Gasteiger partial charge is 0.333 e. The number of rotatable bonds is 1. The maximum atomic E-state index is 9.02. The second-order valence-corrected chi connectivity index (χ2v) is 4.54. The Bertz CT molecular complexity index is 578. The number of benzene rings is 1. The van der Waals surface area contributed by atoms with E-state index < -0.39 is 0 Å². The van der Waals surface area contributed by atoms with Crippen molar-refractivity contribution in [2.75, 3.05) is 0 Å². The van der Waals surface area contributed by atoms with Gasteiger partial charge in [-0.25, -0.2) is 4.98 Å². The van der Waals surface area contributed by atoms with Crippen LogP contribution in [0, 0.1) is 18.3 Å². The molecule has 0 saturated carbocycles. The van der Waals surface area contributed by atoms with Crippen molar-refractivity contribution in [1.29, 1.82) is 5.26 Å². The first-order chi connectivity index (χ1) is 7.63. The summed E-state index contributed by atoms with van der Waals surface area (Å²) in [7, 11) is 1.89. The van der Waals surface area contributed by atoms with E-state index in [1.54, 1.807) is 6.33 Å². The highest BCUT2D eigenvalue weighted by atomic mass is 79.9. The first-order valence-corrected chi connectivity index (χ1v) is 5.60. The van der Waals surface area contributed by atoms with Gasteiger partial charge in [0.05, 0.1) is 12.0 Å². The first-order valence-electron chi connectivity index (χ1n) is 4.81. The topological polar surface area (TPSA) is 41.6 Å². The standard InChI is InChI=1S/C12H10BrN3/c1-8-3-4-9(13)5-10(8)12-11(6-14)15-7-16(12)2/h3-5,7H,1-2H3. The van der Waals surface area contributed by atoms with Gasteiger partial charge in [0, 0.05) is 17.1 Å². The van der Waals surface area contributed by atoms with E-state index in [2.05, 4.69) is 27.0 Å². The van der Waals surface area contributed by atoms with E-state index >= 15 is 0 Å². The molecule has 0 spiro atoms. The third kappa shape index (κ3) is 1.74. The highest BCUT2D eigenvalue weighted by Crippen LogP contribution is 2.28. The van der Waals surface area contributed by atoms with Gasteiger partial charge in [-0.3, -0.25) is 0 Å². The maximum absolute atomic E-state index is 9.02. The minimum absolute atomic E-state index is 0.462. The van der Waals surface area contributed by atoms with E-state index in [0.717, 1.165) is 21.3 Å². The highest BCUT2D eigenvalue weighted by molar-refractivity contribution is 9.10. The van der Waals surface area contributed by atoms with Gasteiger partial charge in [-0.05, 0) is 24.6 Å². The Morgan fingerprint density at radius 2 is 2.19 bits per heavy atom. The van der Waals surface area contributed by atoms with Crippen LogP contribution in [0.4, 0.5) is 0 Å². The van der Waals surface area contributed by atoms with Crippen LogP contribution < -0.4 is 0 Å². The van der Waals surface area contributed by atoms with E-state index in [1.165, 1.54) is 0 Å². The Morgan fingerprint density at radius 1 is 1.44 bits per heavy atom. The van der Waals surface area contributed by atoms with Gasteiger partial charge in [0.2, 0.25) is 0 Å². The molecule has 0 bridgehead atoms. The molecule has 16 heavy (non-hydrogen) atoms. The number of aryl methyl sites for hydroxylation is 2. The molecule has 0 aliphatic heterocycles. The van der Waals surface area contributed by atoms with E-state index in [9.17, 15) is 0 Å². The van der Waals surface area contributed by atoms with Gasteiger partial charge < -0.3 is 4.57 Å². The monoisotopic (exact) mass is 275 g/mol. The Hall–Kier alpha value is -1.60. The van der Waals surface area contributed by atoms with Crippen molar-refractivity contribution in [1.82, 2.24) is 9.55 Å². The number of aromatic nitrogens is 2. The van der Waals surface area contributed by atoms with Crippen LogP contribution in [-0.4, -0.2) is 9.55 Å². The molecule has 0 unspecified atom stereocenters. The van der Waals surface area contributed by atoms with Gasteiger partial charge >= 0.3 is 0 Å². The molecule has 0 N–H and O–H groups in total. The molecule has 1 aromatic heterocycles. The Morgan fingerprint density at radius 3 is 2.88 bits per heavy atom. The SMILES string of the molecule is Cc1ccc(Br)cc1-c1c(C#N)ncn1C. The molecule has 80 valence electrons. The van der Waals surface area contributed by atoms with Crippen LogP contribution in [0.15, 0.2) is 29.0 Å². The molecule has 1 aromatic carbocycles. The summed E-state index contributed by atoms with van der Waals surface area (Å²) in [6, 6.07) is 8.13. The van der Waals surface area contributed by atoms with Gasteiger partial charge in [0.15, 0.2) is 5.69 Å². The number of hydrogen-bond donors (Lipinski definition) is 0. The van der Waals surface area contributed by atoms with Crippen molar-refractivity contribution >= 4 is 15.9 Å². The number of nitriles is 1. The second-order valence-electron chi connectivity index (χ2n) is 3.62. The summed E-state index contributed by atoms with van der Waals surface area (Å²) in [6.07, 6.45) is 1.66. The molecule has 0 atom stereocenters. The predicted molar refractivity (Wildman–Crippen MR) is 65.8 cm³/mol. The molecule has 3 nitrogen and oxygen atoms in total. The van der Waals surface area contributed by atoms with Gasteiger partial charge in [0.25, 0.3) is 0 Å². The average molecular weight is 276 g/mol. The van der Waals surface area contributed by atoms with Crippen molar-refractivity contribution in [3.63, 3.8) is 0 Å². The molecule has 2 rings (SSSR count). The zero-order chi connectivity index (χ0) is 11.7. The molecule has 0 fully saturated rings. The molecule has 4 heteroatoms. The molecule has 0 radical (unpaired) electrons. The second kappa shape index (κ2) is 4.11. The molecule has 0 aliphatic rings. The lowest BCUT2D eigenvalue weighted by Crippen LogP contribution is -1.94. The summed E-state index contributed by atoms with van der Waals surface area (Å²) in [6.45, 7) is 2.02. The highest BCUT2D eigenvalue weighted by Gasteiger charge is 2.13. The molecule has 0 aliphatic carbocycles. The lowest BCUT2D eigenvalue weighted by Gasteiger charge is -2.07. The van der Waals surface area contributed by atoms with Crippen LogP contribution in [0.25, 0.3) is 11.3 Å². The Balaban J connectivity index is 2.72. The van der Waals surface area contributed by atoms with Gasteiger partial charge in [-0.15, -0.1) is 0 Å². The first kappa shape index (κ1) is 10.9. The number of hydrogen-bond acceptors (Lipinski definition) is 2. The summed E-state index contributed by atoms with van der Waals surface area (Å²) in [5, 5.41) is 9.02. The van der Waals surface area contributed by atoms with Gasteiger partial charge in [0.1, 0.15) is 6.07 Å². The minimum Gasteiger partial charge on any atom is -0.333 e. The lowest BCUT2D eigenvalue weighted by molar-refractivity contribution is 0.920. The molecular formula is C12H10BrN3. The fourth-order valence-corrected chi connectivity index (χ4v) is 2.04. The molecule has 1 heterocycles. The Kier molecular flexibility index (Phi) is 2.80. The van der Waals surface area contributed by atoms with Crippen molar-refractivity contribution < 1.29 is 0 Å². The maximum Gasteiger partial charge on any atom is 0.166 e. The summed E-state index contributed by atoms with van der Waals surface area (Å²) in [4.78, 5) is 4.07. The van der Waals surface area contributed by atoms with E-state index in [4.69, 9.17) is 5.26 Å². The molecule has 2 aromatic rings. The third-order valence-corrected chi connectivity index (χ3v) is 2.99. The van der Waals surface area contributed by atoms with Crippen LogP contribution in [0.3, 0.4) is 0 Å². The summed E-state index contributed by atoms with van der Waals surface area (Å²) in [5.74, 6) is 0. The van der Waals surface area contributed by atoms with Crippen LogP contribution >= 0.6 is 15.9 Å². The third-order valence-electron chi connectivity index (χ3n) is 2.50. The van der Waals surface area contributed by atoms with E-state index in [-0.39, 0.29) is 0 Å². The van der Waals surface area contributed by atoms with Crippen LogP contribution in [0.5, 0.6) is 0 Å². The smallest absolute Gasteiger partial charge is 0.166 e. The summed E-state index contributed by atoms with van der Waals surface area (Å²) >= 11 is 3.44. The molecular weight excluding hydrogens is 266 g/mol. The normalized spacial score (nSPS) is 10.1. The fraction of sp³-hybridized carbons (Fsp3) is 0.167. The number of nitrogens with zero attached hydrogens (tertiary/aromatic N) is 3. The molecule has 0 amide bonds. The van der Waals surface area contributed by atoms with Crippen LogP contribution in [0.2, 0.25) is 0 Å². The van der Waals surface area contributed by atoms with Gasteiger partial charge in [-0.1, -0.05) is 22.0 Å². The molecule has 0 saturated heterocycles. The minimum atomic E-state index is 0.462. The number of halogens is 1. The lowest BCUT2D eigenvalue weighted by atomic mass is 10.0. The number of imidazole rings is 1. The predicted octanol–water partition coefficient (Wildman–Crippen LogP) is 3.03. The van der Waals surface area contributed by atoms with Crippen molar-refractivity contribution in [2.24, 2.45) is 7.05 Å². The zero-order valence-corrected chi connectivity index (χ0v) is 10.6. The average Bonchev–Trinajstić information content (AvgIpc) is 2.63. The summed E-state index contributed by atoms with van der Waals surface area (Å²) in [5.41, 5.74) is 3.49. The van der Waals surface area contributed by atoms with Crippen LogP contribution in [0.1, 0.15) is 11.3 Å². The summed E-state index contributed by atoms with van der Waals surface area (Å²) < 4.78 is 2.87. The van der Waals surface area contributed by atoms with E-state index in [0.29, 0.717) is 5.69 Å². The quantitative estimate of drug-likeness (QED) is 0.803. The van der Waals surface area contributed by atoms with Crippen LogP contribution in [-0.2, 0) is 7.05 Å². The van der Waals surface area contributed by atoms with Crippen molar-refractivity contribution in [3.8, 4) is 17.3 Å². The van der Waals surface area contributed by atoms with Crippen molar-refractivity contribution in [3.05, 3.63) is 40.3 Å². The van der Waals surface area contributed by atoms with Gasteiger partial charge in [-0.2, -0.15) is 5.26 Å². The Labute approximate surface area is 102 Å². The zero-order valence-electron chi connectivity index (χ0n) is 9.03. The fourth-order valence-electron chi connectivity index (χ4n) is 1.68. The van der Waals surface area contributed by atoms with E-state index in [1.807, 2.05) is 36.7 Å².